The number of nitrogens with one attached hydrogen (secondary N) is 1. The molecule has 1 aliphatic heterocycles. The van der Waals surface area contributed by atoms with Gasteiger partial charge in [-0.1, -0.05) is 6.92 Å². The zero-order chi connectivity index (χ0) is 20.8. The highest BCUT2D eigenvalue weighted by Gasteiger charge is 2.52. The zero-order valence-corrected chi connectivity index (χ0v) is 18.8. The molecular weight excluding hydrogens is 363 g/mol. The molecule has 1 N–H and O–H groups in total. The molecule has 1 aromatic rings. The summed E-state index contributed by atoms with van der Waals surface area (Å²) in [6.45, 7) is 15.8. The summed E-state index contributed by atoms with van der Waals surface area (Å²) in [7, 11) is 1.12. The predicted octanol–water partition coefficient (Wildman–Crippen LogP) is 2.19. The summed E-state index contributed by atoms with van der Waals surface area (Å²) in [6, 6.07) is 1.36. The quantitative estimate of drug-likeness (QED) is 0.610. The minimum atomic E-state index is -1.26. The number of hydrogen-bond donors (Lipinski definition) is 1. The molecule has 1 aliphatic rings. The summed E-state index contributed by atoms with van der Waals surface area (Å²) in [5, 5.41) is 0. The number of aromatic nitrogens is 1. The van der Waals surface area contributed by atoms with E-state index in [0.29, 0.717) is 6.42 Å². The Morgan fingerprint density at radius 2 is 1.78 bits per heavy atom. The van der Waals surface area contributed by atoms with Crippen molar-refractivity contribution in [3.05, 3.63) is 28.2 Å². The lowest BCUT2D eigenvalue weighted by atomic mass is 9.75. The summed E-state index contributed by atoms with van der Waals surface area (Å²) in [4.78, 5) is 12.3. The van der Waals surface area contributed by atoms with E-state index in [1.807, 2.05) is 55.4 Å². The van der Waals surface area contributed by atoms with Crippen LogP contribution in [0.3, 0.4) is 0 Å². The number of aryl methyl sites for hydroxylation is 1. The molecule has 1 saturated heterocycles. The Labute approximate surface area is 166 Å². The second kappa shape index (κ2) is 7.56. The van der Waals surface area contributed by atoms with Gasteiger partial charge in [0, 0.05) is 36.1 Å². The van der Waals surface area contributed by atoms with Crippen LogP contribution in [0.5, 0.6) is 0 Å². The molecule has 0 amide bonds. The van der Waals surface area contributed by atoms with E-state index >= 15 is 0 Å². The summed E-state index contributed by atoms with van der Waals surface area (Å²) >= 11 is -1.26. The van der Waals surface area contributed by atoms with Crippen LogP contribution in [0.4, 0.5) is 0 Å². The number of nitrogens with zero attached hydrogens (tertiary/aromatic N) is 1. The van der Waals surface area contributed by atoms with Gasteiger partial charge in [-0.05, 0) is 60.5 Å². The van der Waals surface area contributed by atoms with Gasteiger partial charge >= 0.3 is 7.12 Å². The van der Waals surface area contributed by atoms with Crippen LogP contribution in [0.15, 0.2) is 17.1 Å². The van der Waals surface area contributed by atoms with Crippen LogP contribution >= 0.6 is 0 Å². The lowest BCUT2D eigenvalue weighted by Crippen LogP contribution is -2.46. The van der Waals surface area contributed by atoms with Crippen molar-refractivity contribution in [3.8, 4) is 0 Å². The van der Waals surface area contributed by atoms with Crippen LogP contribution in [0, 0.1) is 0 Å². The van der Waals surface area contributed by atoms with Gasteiger partial charge in [0.25, 0.3) is 5.56 Å². The Balaban J connectivity index is 2.48. The molecule has 1 fully saturated rings. The first-order valence-electron chi connectivity index (χ1n) is 9.44. The average molecular weight is 396 g/mol. The molecule has 0 saturated carbocycles. The zero-order valence-electron chi connectivity index (χ0n) is 18.0. The number of pyridine rings is 1. The molecule has 2 rings (SSSR count). The fourth-order valence-corrected chi connectivity index (χ4v) is 3.71. The summed E-state index contributed by atoms with van der Waals surface area (Å²) < 4.78 is 29.4. The summed E-state index contributed by atoms with van der Waals surface area (Å²) in [5.74, 6) is 0. The van der Waals surface area contributed by atoms with Gasteiger partial charge in [-0.2, -0.15) is 0 Å². The van der Waals surface area contributed by atoms with E-state index < -0.39 is 34.4 Å². The largest absolute Gasteiger partial charge is 0.598 e. The Morgan fingerprint density at radius 3 is 2.22 bits per heavy atom. The van der Waals surface area contributed by atoms with Gasteiger partial charge in [0.1, 0.15) is 4.75 Å². The topological polar surface area (TPSA) is 75.5 Å². The first-order valence-corrected chi connectivity index (χ1v) is 10.6. The van der Waals surface area contributed by atoms with Gasteiger partial charge in [0.05, 0.1) is 17.2 Å². The fraction of sp³-hybridized carbons (Fsp3) is 0.737. The maximum absolute atomic E-state index is 12.7. The molecule has 1 aromatic heterocycles. The van der Waals surface area contributed by atoms with Crippen molar-refractivity contribution in [2.45, 2.75) is 83.8 Å². The molecule has 0 bridgehead atoms. The standard InChI is InChI=1S/C19H33BN2O4S/c1-10-15(21-27(24)17(2,3)4)13-11-16(23)22(9)12-14(13)20-25-18(5,6)19(7,8)26-20/h11-12,15,21H,10H2,1-9H3. The normalized spacial score (nSPS) is 21.3. The van der Waals surface area contributed by atoms with Crippen molar-refractivity contribution in [1.29, 1.82) is 0 Å². The van der Waals surface area contributed by atoms with Gasteiger partial charge in [-0.3, -0.25) is 4.79 Å². The molecule has 27 heavy (non-hydrogen) atoms. The van der Waals surface area contributed by atoms with E-state index in [9.17, 15) is 9.35 Å². The third kappa shape index (κ3) is 4.62. The highest BCUT2D eigenvalue weighted by molar-refractivity contribution is 7.90. The van der Waals surface area contributed by atoms with Gasteiger partial charge in [-0.25, -0.2) is 0 Å². The second-order valence-electron chi connectivity index (χ2n) is 9.18. The highest BCUT2D eigenvalue weighted by Crippen LogP contribution is 2.37. The Morgan fingerprint density at radius 1 is 1.26 bits per heavy atom. The van der Waals surface area contributed by atoms with Crippen LogP contribution in [0.25, 0.3) is 0 Å². The van der Waals surface area contributed by atoms with Gasteiger partial charge in [0.15, 0.2) is 0 Å². The van der Waals surface area contributed by atoms with Crippen molar-refractivity contribution >= 4 is 23.9 Å². The molecule has 6 nitrogen and oxygen atoms in total. The molecule has 0 spiro atoms. The fourth-order valence-electron chi connectivity index (χ4n) is 2.81. The first-order chi connectivity index (χ1) is 12.2. The molecule has 0 radical (unpaired) electrons. The van der Waals surface area contributed by atoms with E-state index in [1.165, 1.54) is 4.57 Å². The smallest absolute Gasteiger partial charge is 0.496 e. The van der Waals surface area contributed by atoms with Crippen LogP contribution in [-0.2, 0) is 27.7 Å². The van der Waals surface area contributed by atoms with Crippen molar-refractivity contribution in [2.75, 3.05) is 0 Å². The van der Waals surface area contributed by atoms with Crippen LogP contribution in [-0.4, -0.2) is 32.2 Å². The molecule has 0 aromatic carbocycles. The Hall–Kier alpha value is -0.795. The lowest BCUT2D eigenvalue weighted by Gasteiger charge is -2.32. The van der Waals surface area contributed by atoms with E-state index in [-0.39, 0.29) is 11.6 Å². The van der Waals surface area contributed by atoms with Crippen molar-refractivity contribution in [3.63, 3.8) is 0 Å². The SMILES string of the molecule is CCC(N[S+]([O-])C(C)(C)C)c1cc(=O)n(C)cc1B1OC(C)(C)C(C)(C)O1. The Bertz CT molecular complexity index is 726. The molecule has 152 valence electrons. The molecule has 2 unspecified atom stereocenters. The van der Waals surface area contributed by atoms with E-state index in [1.54, 1.807) is 19.3 Å². The van der Waals surface area contributed by atoms with Crippen molar-refractivity contribution < 1.29 is 13.9 Å². The lowest BCUT2D eigenvalue weighted by molar-refractivity contribution is 0.00578. The van der Waals surface area contributed by atoms with E-state index in [0.717, 1.165) is 11.0 Å². The van der Waals surface area contributed by atoms with Gasteiger partial charge in [-0.15, -0.1) is 4.72 Å². The van der Waals surface area contributed by atoms with Crippen molar-refractivity contribution in [2.24, 2.45) is 7.05 Å². The number of hydrogen-bond acceptors (Lipinski definition) is 5. The van der Waals surface area contributed by atoms with Gasteiger partial charge < -0.3 is 18.4 Å². The maximum Gasteiger partial charge on any atom is 0.496 e. The minimum absolute atomic E-state index is 0.118. The van der Waals surface area contributed by atoms with E-state index in [4.69, 9.17) is 9.31 Å². The highest BCUT2D eigenvalue weighted by atomic mass is 32.2. The molecule has 2 heterocycles. The predicted molar refractivity (Wildman–Crippen MR) is 111 cm³/mol. The van der Waals surface area contributed by atoms with E-state index in [2.05, 4.69) is 4.72 Å². The molecule has 8 heteroatoms. The Kier molecular flexibility index (Phi) is 6.30. The maximum atomic E-state index is 12.7. The minimum Gasteiger partial charge on any atom is -0.598 e. The molecular formula is C19H33BN2O4S. The van der Waals surface area contributed by atoms with Crippen LogP contribution in [0.2, 0.25) is 0 Å². The third-order valence-corrected chi connectivity index (χ3v) is 7.00. The van der Waals surface area contributed by atoms with Gasteiger partial charge in [0.2, 0.25) is 0 Å². The average Bonchev–Trinajstić information content (AvgIpc) is 2.74. The summed E-state index contributed by atoms with van der Waals surface area (Å²) in [5.41, 5.74) is 0.491. The molecule has 2 atom stereocenters. The monoisotopic (exact) mass is 396 g/mol. The van der Waals surface area contributed by atoms with Crippen molar-refractivity contribution in [1.82, 2.24) is 9.29 Å². The first kappa shape index (κ1) is 22.5. The number of rotatable bonds is 5. The van der Waals surface area contributed by atoms with Crippen LogP contribution < -0.4 is 15.7 Å². The summed E-state index contributed by atoms with van der Waals surface area (Å²) in [6.07, 6.45) is 2.45. The second-order valence-corrected chi connectivity index (χ2v) is 11.2. The third-order valence-electron chi connectivity index (χ3n) is 5.39. The molecule has 0 aliphatic carbocycles. The van der Waals surface area contributed by atoms with Crippen LogP contribution in [0.1, 0.15) is 73.4 Å².